The van der Waals surface area contributed by atoms with Gasteiger partial charge in [-0.2, -0.15) is 0 Å². The number of hydrogen-bond acceptors (Lipinski definition) is 3. The summed E-state index contributed by atoms with van der Waals surface area (Å²) >= 11 is 0. The molecule has 17 heavy (non-hydrogen) atoms. The van der Waals surface area contributed by atoms with E-state index < -0.39 is 0 Å². The molecule has 0 unspecified atom stereocenters. The average Bonchev–Trinajstić information content (AvgIpc) is 2.28. The molecule has 0 aliphatic carbocycles. The Hall–Kier alpha value is -1.74. The molecule has 0 aliphatic rings. The number of nitrogens with zero attached hydrogens (tertiary/aromatic N) is 2. The van der Waals surface area contributed by atoms with Gasteiger partial charge in [0, 0.05) is 18.7 Å². The molecular weight excluding hydrogens is 210 g/mol. The zero-order chi connectivity index (χ0) is 12.3. The third kappa shape index (κ3) is 3.11. The van der Waals surface area contributed by atoms with Crippen molar-refractivity contribution in [3.05, 3.63) is 58.7 Å². The summed E-state index contributed by atoms with van der Waals surface area (Å²) in [6.07, 6.45) is 0.831. The molecule has 1 aromatic heterocycles. The second-order valence-electron chi connectivity index (χ2n) is 4.27. The molecule has 0 atom stereocenters. The smallest absolute Gasteiger partial charge is 0.125 e. The first-order chi connectivity index (χ1) is 8.17. The number of aromatic nitrogens is 2. The third-order valence-corrected chi connectivity index (χ3v) is 2.62. The zero-order valence-corrected chi connectivity index (χ0v) is 10.3. The molecule has 0 aliphatic heterocycles. The first-order valence-corrected chi connectivity index (χ1v) is 5.76. The van der Waals surface area contributed by atoms with Crippen LogP contribution in [0.2, 0.25) is 0 Å². The number of benzene rings is 1. The second kappa shape index (κ2) is 5.06. The second-order valence-corrected chi connectivity index (χ2v) is 4.27. The zero-order valence-electron chi connectivity index (χ0n) is 10.3. The van der Waals surface area contributed by atoms with Gasteiger partial charge in [-0.3, -0.25) is 0 Å². The first-order valence-electron chi connectivity index (χ1n) is 5.76. The predicted octanol–water partition coefficient (Wildman–Crippen LogP) is 2.14. The molecule has 0 saturated carbocycles. The Kier molecular flexibility index (Phi) is 3.49. The lowest BCUT2D eigenvalue weighted by molar-refractivity contribution is 0.889. The van der Waals surface area contributed by atoms with Gasteiger partial charge in [-0.15, -0.1) is 0 Å². The van der Waals surface area contributed by atoms with E-state index in [1.807, 2.05) is 13.0 Å². The largest absolute Gasteiger partial charge is 0.325 e. The summed E-state index contributed by atoms with van der Waals surface area (Å²) in [5, 5.41) is 0. The molecule has 1 heterocycles. The van der Waals surface area contributed by atoms with E-state index in [9.17, 15) is 0 Å². The van der Waals surface area contributed by atoms with Gasteiger partial charge in [-0.25, -0.2) is 9.97 Å². The van der Waals surface area contributed by atoms with Crippen LogP contribution in [-0.2, 0) is 13.0 Å². The van der Waals surface area contributed by atoms with Crippen molar-refractivity contribution in [3.8, 4) is 0 Å². The summed E-state index contributed by atoms with van der Waals surface area (Å²) in [5.74, 6) is 0.788. The molecule has 1 aromatic carbocycles. The van der Waals surface area contributed by atoms with Gasteiger partial charge in [0.15, 0.2) is 0 Å². The first kappa shape index (κ1) is 11.7. The van der Waals surface area contributed by atoms with Crippen molar-refractivity contribution in [1.82, 2.24) is 9.97 Å². The quantitative estimate of drug-likeness (QED) is 0.874. The van der Waals surface area contributed by atoms with Gasteiger partial charge >= 0.3 is 0 Å². The van der Waals surface area contributed by atoms with Crippen molar-refractivity contribution in [3.63, 3.8) is 0 Å². The van der Waals surface area contributed by atoms with E-state index in [2.05, 4.69) is 41.2 Å². The maximum Gasteiger partial charge on any atom is 0.125 e. The molecule has 0 spiro atoms. The van der Waals surface area contributed by atoms with E-state index in [1.54, 1.807) is 0 Å². The Bertz CT molecular complexity index is 521. The minimum Gasteiger partial charge on any atom is -0.325 e. The summed E-state index contributed by atoms with van der Waals surface area (Å²) in [4.78, 5) is 8.72. The topological polar surface area (TPSA) is 51.8 Å². The van der Waals surface area contributed by atoms with Gasteiger partial charge in [0.05, 0.1) is 5.69 Å². The van der Waals surface area contributed by atoms with Crippen LogP contribution in [0.1, 0.15) is 28.3 Å². The van der Waals surface area contributed by atoms with Crippen molar-refractivity contribution < 1.29 is 0 Å². The number of aryl methyl sites for hydroxylation is 2. The van der Waals surface area contributed by atoms with Crippen molar-refractivity contribution in [2.75, 3.05) is 0 Å². The maximum atomic E-state index is 5.61. The molecule has 2 rings (SSSR count). The van der Waals surface area contributed by atoms with E-state index >= 15 is 0 Å². The lowest BCUT2D eigenvalue weighted by Gasteiger charge is -2.05. The van der Waals surface area contributed by atoms with Crippen LogP contribution >= 0.6 is 0 Å². The summed E-state index contributed by atoms with van der Waals surface area (Å²) < 4.78 is 0. The van der Waals surface area contributed by atoms with Crippen LogP contribution in [0.3, 0.4) is 0 Å². The lowest BCUT2D eigenvalue weighted by atomic mass is 10.1. The van der Waals surface area contributed by atoms with Gasteiger partial charge in [0.1, 0.15) is 5.82 Å². The minimum atomic E-state index is 0.462. The Morgan fingerprint density at radius 3 is 2.53 bits per heavy atom. The maximum absolute atomic E-state index is 5.61. The van der Waals surface area contributed by atoms with E-state index in [1.165, 1.54) is 11.1 Å². The van der Waals surface area contributed by atoms with Gasteiger partial charge in [0.2, 0.25) is 0 Å². The van der Waals surface area contributed by atoms with Crippen LogP contribution < -0.4 is 5.73 Å². The fraction of sp³-hybridized carbons (Fsp3) is 0.286. The van der Waals surface area contributed by atoms with Crippen LogP contribution in [0.5, 0.6) is 0 Å². The number of rotatable bonds is 3. The van der Waals surface area contributed by atoms with Crippen LogP contribution in [0.15, 0.2) is 30.3 Å². The third-order valence-electron chi connectivity index (χ3n) is 2.62. The van der Waals surface area contributed by atoms with Gasteiger partial charge in [0.25, 0.3) is 0 Å². The van der Waals surface area contributed by atoms with E-state index in [0.717, 1.165) is 23.6 Å². The Morgan fingerprint density at radius 2 is 1.82 bits per heavy atom. The van der Waals surface area contributed by atoms with Crippen LogP contribution in [0.25, 0.3) is 0 Å². The van der Waals surface area contributed by atoms with Crippen molar-refractivity contribution in [2.24, 2.45) is 5.73 Å². The Morgan fingerprint density at radius 1 is 1.06 bits per heavy atom. The molecule has 2 aromatic rings. The number of hydrogen-bond donors (Lipinski definition) is 1. The molecule has 3 nitrogen and oxygen atoms in total. The highest BCUT2D eigenvalue weighted by Crippen LogP contribution is 2.10. The monoisotopic (exact) mass is 227 g/mol. The molecule has 0 bridgehead atoms. The van der Waals surface area contributed by atoms with Crippen LogP contribution in [0.4, 0.5) is 0 Å². The standard InChI is InChI=1S/C14H17N3/c1-10-4-3-5-12(6-10)7-13-8-14(9-15)17-11(2)16-13/h3-6,8H,7,9,15H2,1-2H3. The van der Waals surface area contributed by atoms with Crippen molar-refractivity contribution >= 4 is 0 Å². The molecule has 3 heteroatoms. The highest BCUT2D eigenvalue weighted by Gasteiger charge is 2.02. The van der Waals surface area contributed by atoms with Gasteiger partial charge in [-0.05, 0) is 25.5 Å². The predicted molar refractivity (Wildman–Crippen MR) is 68.6 cm³/mol. The Labute approximate surface area is 102 Å². The van der Waals surface area contributed by atoms with Crippen LogP contribution in [-0.4, -0.2) is 9.97 Å². The molecule has 2 N–H and O–H groups in total. The fourth-order valence-corrected chi connectivity index (χ4v) is 1.92. The molecular formula is C14H17N3. The molecule has 0 amide bonds. The van der Waals surface area contributed by atoms with Crippen LogP contribution in [0, 0.1) is 13.8 Å². The molecule has 88 valence electrons. The summed E-state index contributed by atoms with van der Waals surface area (Å²) in [7, 11) is 0. The highest BCUT2D eigenvalue weighted by atomic mass is 14.9. The minimum absolute atomic E-state index is 0.462. The van der Waals surface area contributed by atoms with Crippen molar-refractivity contribution in [1.29, 1.82) is 0 Å². The molecule has 0 radical (unpaired) electrons. The lowest BCUT2D eigenvalue weighted by Crippen LogP contribution is -2.05. The van der Waals surface area contributed by atoms with E-state index in [0.29, 0.717) is 6.54 Å². The molecule has 0 saturated heterocycles. The van der Waals surface area contributed by atoms with E-state index in [4.69, 9.17) is 5.73 Å². The summed E-state index contributed by atoms with van der Waals surface area (Å²) in [5.41, 5.74) is 10.1. The average molecular weight is 227 g/mol. The Balaban J connectivity index is 2.26. The fourth-order valence-electron chi connectivity index (χ4n) is 1.92. The van der Waals surface area contributed by atoms with Gasteiger partial charge < -0.3 is 5.73 Å². The van der Waals surface area contributed by atoms with Gasteiger partial charge in [-0.1, -0.05) is 29.8 Å². The summed E-state index contributed by atoms with van der Waals surface area (Å²) in [6, 6.07) is 10.4. The summed E-state index contributed by atoms with van der Waals surface area (Å²) in [6.45, 7) is 4.46. The number of nitrogens with two attached hydrogens (primary N) is 1. The SMILES string of the molecule is Cc1cccc(Cc2cc(CN)nc(C)n2)c1. The highest BCUT2D eigenvalue weighted by molar-refractivity contribution is 5.27. The van der Waals surface area contributed by atoms with Crippen molar-refractivity contribution in [2.45, 2.75) is 26.8 Å². The normalized spacial score (nSPS) is 10.5. The molecule has 0 fully saturated rings. The van der Waals surface area contributed by atoms with E-state index in [-0.39, 0.29) is 0 Å².